The molecular weight excluding hydrogens is 161 g/mol. The van der Waals surface area contributed by atoms with E-state index in [1.807, 2.05) is 0 Å². The van der Waals surface area contributed by atoms with E-state index in [-0.39, 0.29) is 6.61 Å². The van der Waals surface area contributed by atoms with Crippen LogP contribution in [-0.4, -0.2) is 16.6 Å². The highest BCUT2D eigenvalue weighted by Crippen LogP contribution is 2.17. The number of hydrogen-bond acceptors (Lipinski definition) is 2. The van der Waals surface area contributed by atoms with Crippen LogP contribution in [0, 0.1) is 11.8 Å². The topological polar surface area (TPSA) is 27.1 Å². The molecule has 0 fully saturated rings. The molecule has 1 heterocycles. The van der Waals surface area contributed by atoms with E-state index in [4.69, 9.17) is 0 Å². The molecule has 6 heteroatoms. The smallest absolute Gasteiger partial charge is 0.284 e. The van der Waals surface area contributed by atoms with Crippen molar-refractivity contribution < 1.29 is 18.0 Å². The molecule has 0 atom stereocenters. The zero-order valence-corrected chi connectivity index (χ0v) is 5.64. The maximum Gasteiger partial charge on any atom is 0.284 e. The Morgan fingerprint density at radius 2 is 2.18 bits per heavy atom. The molecule has 1 aromatic heterocycles. The van der Waals surface area contributed by atoms with Crippen molar-refractivity contribution >= 4 is 0 Å². The molecule has 0 aromatic carbocycles. The van der Waals surface area contributed by atoms with E-state index in [2.05, 4.69) is 9.84 Å². The molecule has 1 aromatic rings. The molecule has 0 unspecified atom stereocenters. The normalized spacial score (nSPS) is 10.2. The molecular formula is C5H5F3N2O. The van der Waals surface area contributed by atoms with E-state index < -0.39 is 22.5 Å². The van der Waals surface area contributed by atoms with Crippen LogP contribution in [0.3, 0.4) is 0 Å². The van der Waals surface area contributed by atoms with Crippen molar-refractivity contribution in [2.45, 2.75) is 6.92 Å². The van der Waals surface area contributed by atoms with Gasteiger partial charge in [-0.2, -0.15) is 8.78 Å². The number of hydrogen-bond donors (Lipinski definition) is 0. The average Bonchev–Trinajstić information content (AvgIpc) is 2.19. The molecule has 0 bridgehead atoms. The van der Waals surface area contributed by atoms with Gasteiger partial charge in [-0.3, -0.25) is 0 Å². The standard InChI is InChI=1S/C5H5F3N2O/c1-2-11-5-3(6)4(7)10(8)9-5/h2H2,1H3. The minimum Gasteiger partial charge on any atom is -0.475 e. The predicted octanol–water partition coefficient (Wildman–Crippen LogP) is 1.29. The Morgan fingerprint density at radius 3 is 2.55 bits per heavy atom. The summed E-state index contributed by atoms with van der Waals surface area (Å²) in [5.41, 5.74) is 0. The minimum absolute atomic E-state index is 0.105. The second-order valence-electron chi connectivity index (χ2n) is 1.70. The molecule has 0 saturated heterocycles. The Hall–Kier alpha value is -1.20. The van der Waals surface area contributed by atoms with Gasteiger partial charge in [-0.1, -0.05) is 14.5 Å². The Kier molecular flexibility index (Phi) is 2.02. The van der Waals surface area contributed by atoms with Crippen LogP contribution in [0.2, 0.25) is 0 Å². The van der Waals surface area contributed by atoms with Crippen LogP contribution >= 0.6 is 0 Å². The number of ether oxygens (including phenoxy) is 1. The van der Waals surface area contributed by atoms with Gasteiger partial charge in [0.15, 0.2) is 0 Å². The van der Waals surface area contributed by atoms with Gasteiger partial charge in [0.2, 0.25) is 5.82 Å². The van der Waals surface area contributed by atoms with Gasteiger partial charge >= 0.3 is 0 Å². The molecule has 62 valence electrons. The molecule has 0 radical (unpaired) electrons. The second-order valence-corrected chi connectivity index (χ2v) is 1.70. The quantitative estimate of drug-likeness (QED) is 0.661. The first-order chi connectivity index (χ1) is 5.16. The van der Waals surface area contributed by atoms with E-state index in [0.717, 1.165) is 0 Å². The Balaban J connectivity index is 2.98. The van der Waals surface area contributed by atoms with Crippen molar-refractivity contribution in [1.29, 1.82) is 0 Å². The van der Waals surface area contributed by atoms with Crippen LogP contribution in [0.15, 0.2) is 0 Å². The lowest BCUT2D eigenvalue weighted by molar-refractivity contribution is 0.239. The summed E-state index contributed by atoms with van der Waals surface area (Å²) in [4.78, 5) is -0.708. The molecule has 0 saturated carbocycles. The second kappa shape index (κ2) is 2.81. The molecule has 0 amide bonds. The van der Waals surface area contributed by atoms with E-state index in [9.17, 15) is 13.3 Å². The van der Waals surface area contributed by atoms with Crippen molar-refractivity contribution in [2.75, 3.05) is 6.61 Å². The summed E-state index contributed by atoms with van der Waals surface area (Å²) in [7, 11) is 0. The summed E-state index contributed by atoms with van der Waals surface area (Å²) in [6.07, 6.45) is 0. The first kappa shape index (κ1) is 7.90. The zero-order valence-electron chi connectivity index (χ0n) is 5.64. The monoisotopic (exact) mass is 166 g/mol. The van der Waals surface area contributed by atoms with Gasteiger partial charge in [0.05, 0.1) is 6.61 Å². The van der Waals surface area contributed by atoms with E-state index >= 15 is 0 Å². The third-order valence-electron chi connectivity index (χ3n) is 0.991. The zero-order chi connectivity index (χ0) is 8.43. The fourth-order valence-electron chi connectivity index (χ4n) is 0.566. The van der Waals surface area contributed by atoms with Crippen LogP contribution in [0.25, 0.3) is 0 Å². The summed E-state index contributed by atoms with van der Waals surface area (Å²) in [5.74, 6) is -3.74. The van der Waals surface area contributed by atoms with Crippen molar-refractivity contribution in [3.05, 3.63) is 11.8 Å². The average molecular weight is 166 g/mol. The first-order valence-electron chi connectivity index (χ1n) is 2.89. The minimum atomic E-state index is -1.67. The summed E-state index contributed by atoms with van der Waals surface area (Å²) in [6.45, 7) is 1.65. The van der Waals surface area contributed by atoms with Gasteiger partial charge in [0.1, 0.15) is 0 Å². The van der Waals surface area contributed by atoms with Crippen LogP contribution in [0.1, 0.15) is 6.92 Å². The number of rotatable bonds is 2. The van der Waals surface area contributed by atoms with Gasteiger partial charge in [0, 0.05) is 0 Å². The number of aromatic nitrogens is 2. The summed E-state index contributed by atoms with van der Waals surface area (Å²) in [6, 6.07) is 0. The molecule has 0 N–H and O–H groups in total. The molecule has 0 aliphatic carbocycles. The van der Waals surface area contributed by atoms with Gasteiger partial charge in [-0.25, -0.2) is 0 Å². The lowest BCUT2D eigenvalue weighted by Crippen LogP contribution is -1.93. The van der Waals surface area contributed by atoms with Gasteiger partial charge in [0.25, 0.3) is 11.8 Å². The van der Waals surface area contributed by atoms with Crippen molar-refractivity contribution in [1.82, 2.24) is 10.0 Å². The maximum absolute atomic E-state index is 12.4. The number of nitrogens with zero attached hydrogens (tertiary/aromatic N) is 2. The summed E-state index contributed by atoms with van der Waals surface area (Å²) < 4.78 is 41.0. The summed E-state index contributed by atoms with van der Waals surface area (Å²) >= 11 is 0. The van der Waals surface area contributed by atoms with Crippen LogP contribution in [0.5, 0.6) is 5.88 Å². The molecule has 3 nitrogen and oxygen atoms in total. The van der Waals surface area contributed by atoms with Crippen LogP contribution < -0.4 is 4.74 Å². The predicted molar refractivity (Wildman–Crippen MR) is 29.8 cm³/mol. The molecule has 0 aliphatic heterocycles. The highest BCUT2D eigenvalue weighted by atomic mass is 19.2. The molecule has 0 aliphatic rings. The third-order valence-corrected chi connectivity index (χ3v) is 0.991. The lowest BCUT2D eigenvalue weighted by atomic mass is 10.6. The van der Waals surface area contributed by atoms with Crippen LogP contribution in [0.4, 0.5) is 13.3 Å². The SMILES string of the molecule is CCOc1nn(F)c(F)c1F. The molecule has 1 rings (SSSR count). The van der Waals surface area contributed by atoms with Crippen molar-refractivity contribution in [3.63, 3.8) is 0 Å². The van der Waals surface area contributed by atoms with E-state index in [1.165, 1.54) is 0 Å². The Morgan fingerprint density at radius 1 is 1.55 bits per heavy atom. The molecule has 11 heavy (non-hydrogen) atoms. The van der Waals surface area contributed by atoms with Crippen molar-refractivity contribution in [3.8, 4) is 5.88 Å². The first-order valence-corrected chi connectivity index (χ1v) is 2.89. The lowest BCUT2D eigenvalue weighted by Gasteiger charge is -1.93. The fourth-order valence-corrected chi connectivity index (χ4v) is 0.566. The highest BCUT2D eigenvalue weighted by Gasteiger charge is 2.18. The largest absolute Gasteiger partial charge is 0.475 e. The maximum atomic E-state index is 12.4. The number of halogens is 3. The highest BCUT2D eigenvalue weighted by molar-refractivity contribution is 5.10. The van der Waals surface area contributed by atoms with Crippen LogP contribution in [-0.2, 0) is 0 Å². The van der Waals surface area contributed by atoms with E-state index in [0.29, 0.717) is 0 Å². The Labute approximate surface area is 60.3 Å². The van der Waals surface area contributed by atoms with Gasteiger partial charge in [-0.15, -0.1) is 0 Å². The van der Waals surface area contributed by atoms with Gasteiger partial charge < -0.3 is 4.74 Å². The van der Waals surface area contributed by atoms with E-state index in [1.54, 1.807) is 6.92 Å². The van der Waals surface area contributed by atoms with Crippen molar-refractivity contribution in [2.24, 2.45) is 0 Å². The Bertz CT molecular complexity index is 260. The fraction of sp³-hybridized carbons (Fsp3) is 0.400. The summed E-state index contributed by atoms with van der Waals surface area (Å²) in [5, 5.41) is 2.78. The third kappa shape index (κ3) is 1.28. The molecule has 0 spiro atoms. The van der Waals surface area contributed by atoms with Gasteiger partial charge in [-0.05, 0) is 6.92 Å².